The standard InChI is InChI=1S/C12H18N2O3/c1-8(13)6-17-7-9-3-4-10(11(14)5-9)12(15)16-2/h3-5,8H,6-7,13-14H2,1-2H3/t8-/m1/s1. The predicted octanol–water partition coefficient (Wildman–Crippen LogP) is 0.919. The summed E-state index contributed by atoms with van der Waals surface area (Å²) in [4.78, 5) is 11.3. The molecule has 5 heteroatoms. The second-order valence-electron chi connectivity index (χ2n) is 3.91. The Hall–Kier alpha value is -1.59. The lowest BCUT2D eigenvalue weighted by molar-refractivity contribution is 0.0602. The molecule has 0 unspecified atom stereocenters. The minimum Gasteiger partial charge on any atom is -0.465 e. The van der Waals surface area contributed by atoms with E-state index in [0.29, 0.717) is 24.5 Å². The molecule has 0 aliphatic carbocycles. The van der Waals surface area contributed by atoms with Crippen LogP contribution in [0.2, 0.25) is 0 Å². The molecule has 0 amide bonds. The van der Waals surface area contributed by atoms with Crippen LogP contribution in [0.25, 0.3) is 0 Å². The Labute approximate surface area is 101 Å². The van der Waals surface area contributed by atoms with Gasteiger partial charge in [0.05, 0.1) is 25.9 Å². The van der Waals surface area contributed by atoms with E-state index in [0.717, 1.165) is 5.56 Å². The number of hydrogen-bond acceptors (Lipinski definition) is 5. The van der Waals surface area contributed by atoms with Gasteiger partial charge >= 0.3 is 5.97 Å². The number of carbonyl (C=O) groups is 1. The first-order chi connectivity index (χ1) is 8.04. The maximum atomic E-state index is 11.3. The van der Waals surface area contributed by atoms with E-state index in [-0.39, 0.29) is 6.04 Å². The van der Waals surface area contributed by atoms with Crippen molar-refractivity contribution in [1.82, 2.24) is 0 Å². The fraction of sp³-hybridized carbons (Fsp3) is 0.417. The zero-order valence-corrected chi connectivity index (χ0v) is 10.1. The summed E-state index contributed by atoms with van der Waals surface area (Å²) in [5.74, 6) is -0.439. The highest BCUT2D eigenvalue weighted by Gasteiger charge is 2.09. The molecule has 94 valence electrons. The Kier molecular flexibility index (Phi) is 4.93. The number of anilines is 1. The summed E-state index contributed by atoms with van der Waals surface area (Å²) in [6.07, 6.45) is 0. The third-order valence-corrected chi connectivity index (χ3v) is 2.17. The lowest BCUT2D eigenvalue weighted by atomic mass is 10.1. The molecule has 0 fully saturated rings. The van der Waals surface area contributed by atoms with Crippen molar-refractivity contribution in [1.29, 1.82) is 0 Å². The first-order valence-corrected chi connectivity index (χ1v) is 5.34. The van der Waals surface area contributed by atoms with Crippen molar-refractivity contribution in [3.63, 3.8) is 0 Å². The van der Waals surface area contributed by atoms with Crippen molar-refractivity contribution in [3.05, 3.63) is 29.3 Å². The van der Waals surface area contributed by atoms with Crippen LogP contribution in [0.15, 0.2) is 18.2 Å². The molecule has 17 heavy (non-hydrogen) atoms. The number of hydrogen-bond donors (Lipinski definition) is 2. The van der Waals surface area contributed by atoms with Crippen molar-refractivity contribution in [2.24, 2.45) is 5.73 Å². The Morgan fingerprint density at radius 1 is 1.47 bits per heavy atom. The van der Waals surface area contributed by atoms with Crippen LogP contribution < -0.4 is 11.5 Å². The number of methoxy groups -OCH3 is 1. The molecular weight excluding hydrogens is 220 g/mol. The average Bonchev–Trinajstić information content (AvgIpc) is 2.28. The lowest BCUT2D eigenvalue weighted by Gasteiger charge is -2.09. The van der Waals surface area contributed by atoms with Crippen LogP contribution in [0.5, 0.6) is 0 Å². The fourth-order valence-electron chi connectivity index (χ4n) is 1.36. The number of nitrogens with two attached hydrogens (primary N) is 2. The topological polar surface area (TPSA) is 87.6 Å². The van der Waals surface area contributed by atoms with Crippen LogP contribution in [0, 0.1) is 0 Å². The number of rotatable bonds is 5. The van der Waals surface area contributed by atoms with Gasteiger partial charge in [0, 0.05) is 11.7 Å². The van der Waals surface area contributed by atoms with Gasteiger partial charge in [-0.3, -0.25) is 0 Å². The van der Waals surface area contributed by atoms with E-state index in [2.05, 4.69) is 4.74 Å². The van der Waals surface area contributed by atoms with Crippen LogP contribution in [-0.4, -0.2) is 25.7 Å². The molecule has 0 aliphatic rings. The molecule has 0 saturated heterocycles. The smallest absolute Gasteiger partial charge is 0.339 e. The number of ether oxygens (including phenoxy) is 2. The monoisotopic (exact) mass is 238 g/mol. The van der Waals surface area contributed by atoms with Crippen LogP contribution in [0.4, 0.5) is 5.69 Å². The second-order valence-corrected chi connectivity index (χ2v) is 3.91. The summed E-state index contributed by atoms with van der Waals surface area (Å²) < 4.78 is 9.97. The van der Waals surface area contributed by atoms with E-state index in [1.165, 1.54) is 7.11 Å². The summed E-state index contributed by atoms with van der Waals surface area (Å²) in [7, 11) is 1.32. The molecule has 0 bridgehead atoms. The molecule has 1 aromatic carbocycles. The molecule has 1 aromatic rings. The third-order valence-electron chi connectivity index (χ3n) is 2.17. The molecule has 0 saturated carbocycles. The molecule has 0 radical (unpaired) electrons. The first-order valence-electron chi connectivity index (χ1n) is 5.34. The van der Waals surface area contributed by atoms with E-state index in [4.69, 9.17) is 16.2 Å². The minimum absolute atomic E-state index is 0.00156. The van der Waals surface area contributed by atoms with Gasteiger partial charge in [-0.05, 0) is 24.6 Å². The SMILES string of the molecule is COC(=O)c1ccc(COC[C@@H](C)N)cc1N. The van der Waals surface area contributed by atoms with Crippen LogP contribution in [0.3, 0.4) is 0 Å². The van der Waals surface area contributed by atoms with Crippen molar-refractivity contribution >= 4 is 11.7 Å². The van der Waals surface area contributed by atoms with Gasteiger partial charge in [-0.2, -0.15) is 0 Å². The summed E-state index contributed by atoms with van der Waals surface area (Å²) in [6.45, 7) is 2.78. The normalized spacial score (nSPS) is 12.2. The second kappa shape index (κ2) is 6.22. The van der Waals surface area contributed by atoms with Gasteiger partial charge in [0.25, 0.3) is 0 Å². The van der Waals surface area contributed by atoms with Crippen molar-refractivity contribution < 1.29 is 14.3 Å². The molecule has 1 atom stereocenters. The number of nitrogen functional groups attached to an aromatic ring is 1. The van der Waals surface area contributed by atoms with Gasteiger partial charge in [-0.25, -0.2) is 4.79 Å². The van der Waals surface area contributed by atoms with Crippen molar-refractivity contribution in [2.45, 2.75) is 19.6 Å². The Morgan fingerprint density at radius 2 is 2.18 bits per heavy atom. The van der Waals surface area contributed by atoms with Crippen molar-refractivity contribution in [2.75, 3.05) is 19.5 Å². The minimum atomic E-state index is -0.439. The molecule has 0 aromatic heterocycles. The predicted molar refractivity (Wildman–Crippen MR) is 65.5 cm³/mol. The maximum Gasteiger partial charge on any atom is 0.339 e. The quantitative estimate of drug-likeness (QED) is 0.588. The summed E-state index contributed by atoms with van der Waals surface area (Å²) in [5.41, 5.74) is 13.0. The van der Waals surface area contributed by atoms with E-state index in [1.54, 1.807) is 18.2 Å². The first kappa shape index (κ1) is 13.5. The molecule has 0 heterocycles. The van der Waals surface area contributed by atoms with E-state index < -0.39 is 5.97 Å². The Morgan fingerprint density at radius 3 is 2.71 bits per heavy atom. The van der Waals surface area contributed by atoms with Gasteiger partial charge in [0.15, 0.2) is 0 Å². The van der Waals surface area contributed by atoms with Gasteiger partial charge in [-0.15, -0.1) is 0 Å². The Bertz CT molecular complexity index is 391. The summed E-state index contributed by atoms with van der Waals surface area (Å²) in [5, 5.41) is 0. The molecular formula is C12H18N2O3. The van der Waals surface area contributed by atoms with E-state index in [9.17, 15) is 4.79 Å². The van der Waals surface area contributed by atoms with E-state index in [1.807, 2.05) is 6.92 Å². The lowest BCUT2D eigenvalue weighted by Crippen LogP contribution is -2.21. The van der Waals surface area contributed by atoms with E-state index >= 15 is 0 Å². The number of benzene rings is 1. The van der Waals surface area contributed by atoms with Gasteiger partial charge < -0.3 is 20.9 Å². The molecule has 1 rings (SSSR count). The zero-order chi connectivity index (χ0) is 12.8. The maximum absolute atomic E-state index is 11.3. The zero-order valence-electron chi connectivity index (χ0n) is 10.1. The highest BCUT2D eigenvalue weighted by molar-refractivity contribution is 5.95. The highest BCUT2D eigenvalue weighted by Crippen LogP contribution is 2.16. The van der Waals surface area contributed by atoms with Crippen LogP contribution in [0.1, 0.15) is 22.8 Å². The fourth-order valence-corrected chi connectivity index (χ4v) is 1.36. The average molecular weight is 238 g/mol. The summed E-state index contributed by atoms with van der Waals surface area (Å²) >= 11 is 0. The van der Waals surface area contributed by atoms with Gasteiger partial charge in [0.1, 0.15) is 0 Å². The van der Waals surface area contributed by atoms with Crippen LogP contribution in [-0.2, 0) is 16.1 Å². The number of carbonyl (C=O) groups excluding carboxylic acids is 1. The summed E-state index contributed by atoms with van der Waals surface area (Å²) in [6, 6.07) is 5.12. The molecule has 0 spiro atoms. The Balaban J connectivity index is 2.65. The molecule has 0 aliphatic heterocycles. The third kappa shape index (κ3) is 4.05. The molecule has 5 nitrogen and oxygen atoms in total. The highest BCUT2D eigenvalue weighted by atomic mass is 16.5. The van der Waals surface area contributed by atoms with Gasteiger partial charge in [0.2, 0.25) is 0 Å². The van der Waals surface area contributed by atoms with Crippen molar-refractivity contribution in [3.8, 4) is 0 Å². The van der Waals surface area contributed by atoms with Crippen LogP contribution >= 0.6 is 0 Å². The number of esters is 1. The molecule has 4 N–H and O–H groups in total. The largest absolute Gasteiger partial charge is 0.465 e. The van der Waals surface area contributed by atoms with Gasteiger partial charge in [-0.1, -0.05) is 6.07 Å².